The summed E-state index contributed by atoms with van der Waals surface area (Å²) < 4.78 is 5.39. The van der Waals surface area contributed by atoms with Crippen LogP contribution in [0.2, 0.25) is 0 Å². The van der Waals surface area contributed by atoms with Crippen LogP contribution >= 0.6 is 0 Å². The van der Waals surface area contributed by atoms with Crippen LogP contribution < -0.4 is 5.73 Å². The Bertz CT molecular complexity index is 537. The summed E-state index contributed by atoms with van der Waals surface area (Å²) >= 11 is 0. The van der Waals surface area contributed by atoms with E-state index in [1.165, 1.54) is 11.1 Å². The van der Waals surface area contributed by atoms with Gasteiger partial charge in [0.2, 0.25) is 0 Å². The van der Waals surface area contributed by atoms with Crippen LogP contribution in [0.3, 0.4) is 0 Å². The molecule has 0 unspecified atom stereocenters. The number of hydrogen-bond donors (Lipinski definition) is 1. The van der Waals surface area contributed by atoms with Gasteiger partial charge in [0.05, 0.1) is 25.1 Å². The maximum Gasteiger partial charge on any atom is 0.0725 e. The Labute approximate surface area is 93.9 Å². The Hall–Kier alpha value is -1.87. The number of nitrogens with two attached hydrogens (primary N) is 1. The minimum atomic E-state index is 0.703. The molecule has 0 fully saturated rings. The second-order valence-corrected chi connectivity index (χ2v) is 3.94. The van der Waals surface area contributed by atoms with Crippen LogP contribution in [0.1, 0.15) is 11.1 Å². The van der Waals surface area contributed by atoms with E-state index in [2.05, 4.69) is 23.2 Å². The molecule has 0 spiro atoms. The number of ether oxygens (including phenoxy) is 1. The molecule has 1 aromatic carbocycles. The lowest BCUT2D eigenvalue weighted by Crippen LogP contribution is -1.92. The Morgan fingerprint density at radius 3 is 2.88 bits per heavy atom. The predicted octanol–water partition coefficient (Wildman–Crippen LogP) is 2.36. The lowest BCUT2D eigenvalue weighted by atomic mass is 10.0. The number of nitrogens with zero attached hydrogens (tertiary/aromatic N) is 1. The van der Waals surface area contributed by atoms with Crippen molar-refractivity contribution in [2.24, 2.45) is 0 Å². The third-order valence-electron chi connectivity index (χ3n) is 2.88. The van der Waals surface area contributed by atoms with Crippen LogP contribution in [-0.4, -0.2) is 4.98 Å². The van der Waals surface area contributed by atoms with Gasteiger partial charge in [0.25, 0.3) is 0 Å². The molecule has 2 aromatic rings. The first-order valence-electron chi connectivity index (χ1n) is 5.24. The van der Waals surface area contributed by atoms with Crippen LogP contribution in [0.4, 0.5) is 5.69 Å². The van der Waals surface area contributed by atoms with Gasteiger partial charge in [-0.1, -0.05) is 12.1 Å². The lowest BCUT2D eigenvalue weighted by molar-refractivity contribution is 0.134. The molecule has 0 aliphatic carbocycles. The van der Waals surface area contributed by atoms with Gasteiger partial charge in [0.1, 0.15) is 0 Å². The number of aromatic nitrogens is 1. The first-order chi connectivity index (χ1) is 7.84. The van der Waals surface area contributed by atoms with Crippen LogP contribution in [0, 0.1) is 0 Å². The topological polar surface area (TPSA) is 48.1 Å². The Morgan fingerprint density at radius 1 is 1.12 bits per heavy atom. The molecule has 3 rings (SSSR count). The molecule has 16 heavy (non-hydrogen) atoms. The van der Waals surface area contributed by atoms with Crippen molar-refractivity contribution >= 4 is 5.69 Å². The van der Waals surface area contributed by atoms with E-state index in [-0.39, 0.29) is 0 Å². The standard InChI is InChI=1S/C13H12N2O/c14-13-6-15-4-3-12(13)9-1-2-10-7-16-8-11(10)5-9/h1-6H,7-8,14H2. The van der Waals surface area contributed by atoms with Crippen molar-refractivity contribution in [1.82, 2.24) is 4.98 Å². The fraction of sp³-hybridized carbons (Fsp3) is 0.154. The molecule has 0 saturated heterocycles. The molecule has 3 nitrogen and oxygen atoms in total. The van der Waals surface area contributed by atoms with Gasteiger partial charge in [-0.25, -0.2) is 0 Å². The summed E-state index contributed by atoms with van der Waals surface area (Å²) in [5, 5.41) is 0. The van der Waals surface area contributed by atoms with Gasteiger partial charge in [-0.05, 0) is 28.8 Å². The molecule has 2 heterocycles. The van der Waals surface area contributed by atoms with Gasteiger partial charge in [0.15, 0.2) is 0 Å². The van der Waals surface area contributed by atoms with Gasteiger partial charge in [-0.15, -0.1) is 0 Å². The van der Waals surface area contributed by atoms with E-state index in [1.807, 2.05) is 6.07 Å². The fourth-order valence-electron chi connectivity index (χ4n) is 2.01. The highest BCUT2D eigenvalue weighted by Crippen LogP contribution is 2.29. The van der Waals surface area contributed by atoms with E-state index in [4.69, 9.17) is 10.5 Å². The van der Waals surface area contributed by atoms with Crippen molar-refractivity contribution in [1.29, 1.82) is 0 Å². The number of hydrogen-bond acceptors (Lipinski definition) is 3. The van der Waals surface area contributed by atoms with Crippen molar-refractivity contribution in [3.8, 4) is 11.1 Å². The third-order valence-corrected chi connectivity index (χ3v) is 2.88. The SMILES string of the molecule is Nc1cnccc1-c1ccc2c(c1)COC2. The maximum absolute atomic E-state index is 5.90. The first kappa shape index (κ1) is 9.36. The van der Waals surface area contributed by atoms with Crippen molar-refractivity contribution in [3.05, 3.63) is 47.8 Å². The molecule has 0 saturated carbocycles. The summed E-state index contributed by atoms with van der Waals surface area (Å²) in [4.78, 5) is 3.99. The molecule has 1 aliphatic rings. The summed E-state index contributed by atoms with van der Waals surface area (Å²) in [5.74, 6) is 0. The van der Waals surface area contributed by atoms with E-state index in [0.717, 1.165) is 17.7 Å². The number of benzene rings is 1. The highest BCUT2D eigenvalue weighted by molar-refractivity contribution is 5.76. The van der Waals surface area contributed by atoms with Gasteiger partial charge < -0.3 is 10.5 Å². The minimum Gasteiger partial charge on any atom is -0.397 e. The van der Waals surface area contributed by atoms with Crippen molar-refractivity contribution in [3.63, 3.8) is 0 Å². The predicted molar refractivity (Wildman–Crippen MR) is 62.6 cm³/mol. The zero-order chi connectivity index (χ0) is 11.0. The van der Waals surface area contributed by atoms with E-state index in [9.17, 15) is 0 Å². The second kappa shape index (κ2) is 3.61. The van der Waals surface area contributed by atoms with Crippen molar-refractivity contribution < 1.29 is 4.74 Å². The Kier molecular flexibility index (Phi) is 2.11. The normalized spacial score (nSPS) is 13.8. The third kappa shape index (κ3) is 1.46. The summed E-state index contributed by atoms with van der Waals surface area (Å²) in [6.45, 7) is 1.43. The Balaban J connectivity index is 2.11. The van der Waals surface area contributed by atoms with Crippen LogP contribution in [0.5, 0.6) is 0 Å². The zero-order valence-electron chi connectivity index (χ0n) is 8.81. The highest BCUT2D eigenvalue weighted by Gasteiger charge is 2.12. The van der Waals surface area contributed by atoms with Gasteiger partial charge in [-0.2, -0.15) is 0 Å². The number of rotatable bonds is 1. The van der Waals surface area contributed by atoms with Gasteiger partial charge >= 0.3 is 0 Å². The first-order valence-corrected chi connectivity index (χ1v) is 5.24. The fourth-order valence-corrected chi connectivity index (χ4v) is 2.01. The Morgan fingerprint density at radius 2 is 2.00 bits per heavy atom. The number of fused-ring (bicyclic) bond motifs is 1. The van der Waals surface area contributed by atoms with E-state index in [1.54, 1.807) is 12.4 Å². The maximum atomic E-state index is 5.90. The quantitative estimate of drug-likeness (QED) is 0.789. The number of pyridine rings is 1. The van der Waals surface area contributed by atoms with Crippen LogP contribution in [-0.2, 0) is 18.0 Å². The van der Waals surface area contributed by atoms with Crippen LogP contribution in [0.15, 0.2) is 36.7 Å². The smallest absolute Gasteiger partial charge is 0.0725 e. The molecule has 0 amide bonds. The van der Waals surface area contributed by atoms with Gasteiger partial charge in [-0.3, -0.25) is 4.98 Å². The summed E-state index contributed by atoms with van der Waals surface area (Å²) in [6, 6.07) is 8.28. The van der Waals surface area contributed by atoms with Crippen molar-refractivity contribution in [2.45, 2.75) is 13.2 Å². The molecule has 80 valence electrons. The minimum absolute atomic E-state index is 0.703. The van der Waals surface area contributed by atoms with E-state index in [0.29, 0.717) is 12.3 Å². The molecule has 3 heteroatoms. The van der Waals surface area contributed by atoms with Crippen LogP contribution in [0.25, 0.3) is 11.1 Å². The lowest BCUT2D eigenvalue weighted by Gasteiger charge is -2.06. The number of nitrogen functional groups attached to an aromatic ring is 1. The van der Waals surface area contributed by atoms with E-state index >= 15 is 0 Å². The molecule has 0 atom stereocenters. The molecule has 1 aromatic heterocycles. The largest absolute Gasteiger partial charge is 0.397 e. The summed E-state index contributed by atoms with van der Waals surface area (Å²) in [6.07, 6.45) is 3.44. The zero-order valence-corrected chi connectivity index (χ0v) is 8.81. The second-order valence-electron chi connectivity index (χ2n) is 3.94. The molecular formula is C13H12N2O. The monoisotopic (exact) mass is 212 g/mol. The molecule has 0 bridgehead atoms. The average Bonchev–Trinajstić information content (AvgIpc) is 2.76. The van der Waals surface area contributed by atoms with Crippen molar-refractivity contribution in [2.75, 3.05) is 5.73 Å². The molecule has 2 N–H and O–H groups in total. The van der Waals surface area contributed by atoms with E-state index < -0.39 is 0 Å². The van der Waals surface area contributed by atoms with Gasteiger partial charge in [0, 0.05) is 11.8 Å². The summed E-state index contributed by atoms with van der Waals surface area (Å²) in [7, 11) is 0. The summed E-state index contributed by atoms with van der Waals surface area (Å²) in [5.41, 5.74) is 11.3. The average molecular weight is 212 g/mol. The number of anilines is 1. The highest BCUT2D eigenvalue weighted by atomic mass is 16.5. The molecule has 0 radical (unpaired) electrons. The molecular weight excluding hydrogens is 200 g/mol. The molecule has 1 aliphatic heterocycles.